The van der Waals surface area contributed by atoms with Gasteiger partial charge in [-0.3, -0.25) is 4.79 Å². The van der Waals surface area contributed by atoms with E-state index in [0.29, 0.717) is 0 Å². The Morgan fingerprint density at radius 1 is 1.53 bits per heavy atom. The first-order valence-electron chi connectivity index (χ1n) is 6.57. The molecule has 0 bridgehead atoms. The zero-order valence-corrected chi connectivity index (χ0v) is 12.3. The quantitative estimate of drug-likeness (QED) is 0.809. The molecule has 106 valence electrons. The molecule has 0 amide bonds. The first kappa shape index (κ1) is 14.4. The molecule has 2 rings (SSSR count). The topological polar surface area (TPSA) is 58.4 Å². The van der Waals surface area contributed by atoms with Gasteiger partial charge in [-0.1, -0.05) is 24.6 Å². The number of carbonyl (C=O) groups is 1. The van der Waals surface area contributed by atoms with Crippen LogP contribution >= 0.6 is 11.8 Å². The van der Waals surface area contributed by atoms with E-state index in [1.165, 1.54) is 37.4 Å². The number of carboxylic acid groups (broad SMARTS) is 1. The molecule has 1 aromatic heterocycles. The van der Waals surface area contributed by atoms with Crippen LogP contribution in [-0.4, -0.2) is 50.9 Å². The van der Waals surface area contributed by atoms with E-state index in [9.17, 15) is 4.79 Å². The van der Waals surface area contributed by atoms with Crippen LogP contribution < -0.4 is 0 Å². The molecule has 0 saturated heterocycles. The minimum atomic E-state index is -0.803. The van der Waals surface area contributed by atoms with Crippen LogP contribution in [0.2, 0.25) is 0 Å². The fraction of sp³-hybridized carbons (Fsp3) is 0.692. The van der Waals surface area contributed by atoms with Crippen molar-refractivity contribution in [3.05, 3.63) is 12.4 Å². The monoisotopic (exact) mass is 283 g/mol. The summed E-state index contributed by atoms with van der Waals surface area (Å²) in [4.78, 5) is 17.2. The van der Waals surface area contributed by atoms with Gasteiger partial charge in [0, 0.05) is 24.5 Å². The Hall–Kier alpha value is -1.01. The van der Waals surface area contributed by atoms with Crippen LogP contribution in [0.1, 0.15) is 25.7 Å². The van der Waals surface area contributed by atoms with Gasteiger partial charge in [0.1, 0.15) is 0 Å². The lowest BCUT2D eigenvalue weighted by Gasteiger charge is -2.37. The predicted molar refractivity (Wildman–Crippen MR) is 75.5 cm³/mol. The highest BCUT2D eigenvalue weighted by Gasteiger charge is 2.36. The number of nitrogens with zero attached hydrogens (tertiary/aromatic N) is 3. The highest BCUT2D eigenvalue weighted by molar-refractivity contribution is 7.99. The van der Waals surface area contributed by atoms with Crippen LogP contribution in [0, 0.1) is 0 Å². The van der Waals surface area contributed by atoms with Crippen LogP contribution in [-0.2, 0) is 11.3 Å². The molecule has 1 fully saturated rings. The third kappa shape index (κ3) is 3.30. The smallest absolute Gasteiger partial charge is 0.313 e. The average molecular weight is 283 g/mol. The van der Waals surface area contributed by atoms with Crippen molar-refractivity contribution in [2.75, 3.05) is 19.8 Å². The second-order valence-corrected chi connectivity index (χ2v) is 6.29. The van der Waals surface area contributed by atoms with E-state index < -0.39 is 5.97 Å². The van der Waals surface area contributed by atoms with Crippen molar-refractivity contribution in [1.82, 2.24) is 14.5 Å². The van der Waals surface area contributed by atoms with Gasteiger partial charge in [0.05, 0.1) is 5.75 Å². The Morgan fingerprint density at radius 3 is 2.79 bits per heavy atom. The summed E-state index contributed by atoms with van der Waals surface area (Å²) in [7, 11) is 4.26. The average Bonchev–Trinajstić information content (AvgIpc) is 2.97. The third-order valence-corrected chi connectivity index (χ3v) is 4.94. The maximum Gasteiger partial charge on any atom is 0.313 e. The van der Waals surface area contributed by atoms with Crippen LogP contribution in [0.25, 0.3) is 0 Å². The van der Waals surface area contributed by atoms with Gasteiger partial charge in [-0.15, -0.1) is 0 Å². The minimum absolute atomic E-state index is 0.0615. The van der Waals surface area contributed by atoms with E-state index in [1.807, 2.05) is 6.20 Å². The van der Waals surface area contributed by atoms with E-state index >= 15 is 0 Å². The van der Waals surface area contributed by atoms with Gasteiger partial charge in [-0.25, -0.2) is 4.98 Å². The lowest BCUT2D eigenvalue weighted by atomic mass is 9.96. The Kier molecular flexibility index (Phi) is 4.52. The summed E-state index contributed by atoms with van der Waals surface area (Å²) in [5.41, 5.74) is 0.194. The first-order chi connectivity index (χ1) is 9.03. The summed E-state index contributed by atoms with van der Waals surface area (Å²) in [6.45, 7) is 0.891. The Balaban J connectivity index is 2.09. The molecule has 0 atom stereocenters. The van der Waals surface area contributed by atoms with Crippen molar-refractivity contribution in [3.63, 3.8) is 0 Å². The summed E-state index contributed by atoms with van der Waals surface area (Å²) < 4.78 is 2.10. The van der Waals surface area contributed by atoms with E-state index in [0.717, 1.165) is 11.7 Å². The molecular weight excluding hydrogens is 262 g/mol. The second-order valence-electron chi connectivity index (χ2n) is 5.35. The first-order valence-corrected chi connectivity index (χ1v) is 7.55. The number of thioether (sulfide) groups is 1. The molecule has 1 aliphatic rings. The summed E-state index contributed by atoms with van der Waals surface area (Å²) >= 11 is 1.29. The normalized spacial score (nSPS) is 18.1. The number of imidazole rings is 1. The standard InChI is InChI=1S/C13H21N3O2S/c1-15(2)13(5-3-4-6-13)10-16-8-7-14-12(16)19-9-11(17)18/h7-8H,3-6,9-10H2,1-2H3,(H,17,18). The van der Waals surface area contributed by atoms with Gasteiger partial charge in [0.15, 0.2) is 5.16 Å². The minimum Gasteiger partial charge on any atom is -0.481 e. The van der Waals surface area contributed by atoms with E-state index in [4.69, 9.17) is 5.11 Å². The van der Waals surface area contributed by atoms with Gasteiger partial charge in [-0.05, 0) is 26.9 Å². The number of aliphatic carboxylic acids is 1. The molecule has 6 heteroatoms. The summed E-state index contributed by atoms with van der Waals surface area (Å²) in [6.07, 6.45) is 8.63. The fourth-order valence-electron chi connectivity index (χ4n) is 2.78. The van der Waals surface area contributed by atoms with E-state index in [1.54, 1.807) is 6.20 Å². The van der Waals surface area contributed by atoms with Gasteiger partial charge >= 0.3 is 5.97 Å². The van der Waals surface area contributed by atoms with Crippen LogP contribution in [0.4, 0.5) is 0 Å². The van der Waals surface area contributed by atoms with Crippen molar-refractivity contribution in [3.8, 4) is 0 Å². The molecule has 0 aliphatic heterocycles. The van der Waals surface area contributed by atoms with E-state index in [2.05, 4.69) is 28.5 Å². The molecule has 1 aliphatic carbocycles. The van der Waals surface area contributed by atoms with Gasteiger partial charge in [0.25, 0.3) is 0 Å². The second kappa shape index (κ2) is 5.96. The fourth-order valence-corrected chi connectivity index (χ4v) is 3.46. The van der Waals surface area contributed by atoms with Crippen molar-refractivity contribution in [2.24, 2.45) is 0 Å². The number of rotatable bonds is 6. The molecule has 0 aromatic carbocycles. The molecule has 1 saturated carbocycles. The summed E-state index contributed by atoms with van der Waals surface area (Å²) in [5, 5.41) is 9.56. The molecule has 0 radical (unpaired) electrons. The largest absolute Gasteiger partial charge is 0.481 e. The molecule has 1 aromatic rings. The van der Waals surface area contributed by atoms with Crippen molar-refractivity contribution < 1.29 is 9.90 Å². The van der Waals surface area contributed by atoms with Gasteiger partial charge < -0.3 is 14.6 Å². The SMILES string of the molecule is CN(C)C1(Cn2ccnc2SCC(=O)O)CCCC1. The van der Waals surface area contributed by atoms with Crippen molar-refractivity contribution in [1.29, 1.82) is 0 Å². The Morgan fingerprint density at radius 2 is 2.21 bits per heavy atom. The maximum atomic E-state index is 10.7. The summed E-state index contributed by atoms with van der Waals surface area (Å²) in [6, 6.07) is 0. The molecule has 1 heterocycles. The highest BCUT2D eigenvalue weighted by Crippen LogP contribution is 2.36. The predicted octanol–water partition coefficient (Wildman–Crippen LogP) is 1.93. The number of aromatic nitrogens is 2. The molecule has 1 N–H and O–H groups in total. The molecule has 19 heavy (non-hydrogen) atoms. The maximum absolute atomic E-state index is 10.7. The summed E-state index contributed by atoms with van der Waals surface area (Å²) in [5.74, 6) is -0.742. The molecule has 0 unspecified atom stereocenters. The molecule has 5 nitrogen and oxygen atoms in total. The van der Waals surface area contributed by atoms with Crippen LogP contribution in [0.5, 0.6) is 0 Å². The number of likely N-dealkylation sites (N-methyl/N-ethyl adjacent to an activating group) is 1. The lowest BCUT2D eigenvalue weighted by molar-refractivity contribution is -0.133. The number of hydrogen-bond acceptors (Lipinski definition) is 4. The number of carboxylic acids is 1. The van der Waals surface area contributed by atoms with Crippen LogP contribution in [0.15, 0.2) is 17.6 Å². The zero-order valence-electron chi connectivity index (χ0n) is 11.5. The third-order valence-electron chi connectivity index (χ3n) is 3.95. The number of hydrogen-bond donors (Lipinski definition) is 1. The lowest BCUT2D eigenvalue weighted by Crippen LogP contribution is -2.45. The Bertz CT molecular complexity index is 439. The molecule has 0 spiro atoms. The Labute approximate surface area is 118 Å². The molecular formula is C13H21N3O2S. The van der Waals surface area contributed by atoms with Crippen LogP contribution in [0.3, 0.4) is 0 Å². The van der Waals surface area contributed by atoms with Gasteiger partial charge in [-0.2, -0.15) is 0 Å². The van der Waals surface area contributed by atoms with Crippen molar-refractivity contribution in [2.45, 2.75) is 42.9 Å². The zero-order chi connectivity index (χ0) is 13.9. The highest BCUT2D eigenvalue weighted by atomic mass is 32.2. The van der Waals surface area contributed by atoms with E-state index in [-0.39, 0.29) is 11.3 Å². The van der Waals surface area contributed by atoms with Gasteiger partial charge in [0.2, 0.25) is 0 Å². The van der Waals surface area contributed by atoms with Crippen molar-refractivity contribution >= 4 is 17.7 Å².